The standard InChI is InChI=1S/C13H18O3S/c1-13(2,3)16-12(15)7-6-10(14)9-11-5-4-8-17-11/h4-5,8H,6-7,9H2,1-3H3. The Kier molecular flexibility index (Phi) is 4.87. The van der Waals surface area contributed by atoms with Crippen LogP contribution in [0.3, 0.4) is 0 Å². The first-order valence-corrected chi connectivity index (χ1v) is 6.51. The molecule has 0 fully saturated rings. The summed E-state index contributed by atoms with van der Waals surface area (Å²) in [5.74, 6) is -0.227. The Morgan fingerprint density at radius 1 is 1.29 bits per heavy atom. The van der Waals surface area contributed by atoms with Gasteiger partial charge >= 0.3 is 5.97 Å². The lowest BCUT2D eigenvalue weighted by Gasteiger charge is -2.19. The van der Waals surface area contributed by atoms with E-state index in [0.717, 1.165) is 4.88 Å². The fraction of sp³-hybridized carbons (Fsp3) is 0.538. The maximum Gasteiger partial charge on any atom is 0.306 e. The second-order valence-corrected chi connectivity index (χ2v) is 5.91. The Hall–Kier alpha value is -1.16. The Labute approximate surface area is 106 Å². The number of thiophene rings is 1. The van der Waals surface area contributed by atoms with Gasteiger partial charge in [-0.25, -0.2) is 0 Å². The van der Waals surface area contributed by atoms with Crippen molar-refractivity contribution in [2.45, 2.75) is 45.6 Å². The van der Waals surface area contributed by atoms with Gasteiger partial charge in [-0.15, -0.1) is 11.3 Å². The van der Waals surface area contributed by atoms with Crippen molar-refractivity contribution in [1.29, 1.82) is 0 Å². The van der Waals surface area contributed by atoms with Gasteiger partial charge in [0.25, 0.3) is 0 Å². The number of Topliss-reactive ketones (excluding diaryl/α,β-unsaturated/α-hetero) is 1. The first kappa shape index (κ1) is 13.9. The van der Waals surface area contributed by atoms with E-state index >= 15 is 0 Å². The molecule has 0 aliphatic heterocycles. The number of carbonyl (C=O) groups excluding carboxylic acids is 2. The third kappa shape index (κ3) is 6.22. The molecule has 0 saturated heterocycles. The summed E-state index contributed by atoms with van der Waals surface area (Å²) in [4.78, 5) is 24.0. The number of esters is 1. The van der Waals surface area contributed by atoms with Crippen LogP contribution in [0.1, 0.15) is 38.5 Å². The molecule has 17 heavy (non-hydrogen) atoms. The van der Waals surface area contributed by atoms with Crippen LogP contribution in [0.15, 0.2) is 17.5 Å². The zero-order chi connectivity index (χ0) is 12.9. The zero-order valence-electron chi connectivity index (χ0n) is 10.5. The summed E-state index contributed by atoms with van der Waals surface area (Å²) in [5.41, 5.74) is -0.478. The van der Waals surface area contributed by atoms with Crippen molar-refractivity contribution in [1.82, 2.24) is 0 Å². The highest BCUT2D eigenvalue weighted by atomic mass is 32.1. The Morgan fingerprint density at radius 3 is 2.53 bits per heavy atom. The molecule has 0 spiro atoms. The molecular formula is C13H18O3S. The monoisotopic (exact) mass is 254 g/mol. The van der Waals surface area contributed by atoms with Crippen molar-refractivity contribution in [3.63, 3.8) is 0 Å². The highest BCUT2D eigenvalue weighted by molar-refractivity contribution is 7.10. The Bertz CT molecular complexity index is 374. The van der Waals surface area contributed by atoms with Crippen LogP contribution in [0.25, 0.3) is 0 Å². The van der Waals surface area contributed by atoms with Gasteiger partial charge in [0.1, 0.15) is 11.4 Å². The average Bonchev–Trinajstić information content (AvgIpc) is 2.64. The van der Waals surface area contributed by atoms with E-state index in [9.17, 15) is 9.59 Å². The van der Waals surface area contributed by atoms with E-state index in [1.54, 1.807) is 11.3 Å². The molecule has 1 rings (SSSR count). The number of hydrogen-bond donors (Lipinski definition) is 0. The maximum atomic E-state index is 11.6. The molecular weight excluding hydrogens is 236 g/mol. The van der Waals surface area contributed by atoms with Crippen LogP contribution in [-0.4, -0.2) is 17.4 Å². The Balaban J connectivity index is 2.26. The van der Waals surface area contributed by atoms with Crippen molar-refractivity contribution < 1.29 is 14.3 Å². The predicted octanol–water partition coefficient (Wildman–Crippen LogP) is 2.98. The minimum absolute atomic E-state index is 0.0818. The van der Waals surface area contributed by atoms with Gasteiger partial charge in [-0.2, -0.15) is 0 Å². The van der Waals surface area contributed by atoms with Gasteiger partial charge in [0.05, 0.1) is 6.42 Å². The first-order chi connectivity index (χ1) is 7.87. The lowest BCUT2D eigenvalue weighted by atomic mass is 10.1. The number of rotatable bonds is 5. The molecule has 0 amide bonds. The van der Waals surface area contributed by atoms with Crippen molar-refractivity contribution in [2.24, 2.45) is 0 Å². The van der Waals surface area contributed by atoms with Crippen LogP contribution < -0.4 is 0 Å². The summed E-state index contributed by atoms with van der Waals surface area (Å²) in [7, 11) is 0. The number of hydrogen-bond acceptors (Lipinski definition) is 4. The van der Waals surface area contributed by atoms with Crippen molar-refractivity contribution in [3.8, 4) is 0 Å². The molecule has 0 aliphatic rings. The lowest BCUT2D eigenvalue weighted by Crippen LogP contribution is -2.24. The summed E-state index contributed by atoms with van der Waals surface area (Å²) in [6, 6.07) is 3.84. The van der Waals surface area contributed by atoms with Crippen molar-refractivity contribution in [3.05, 3.63) is 22.4 Å². The van der Waals surface area contributed by atoms with Gasteiger partial charge in [0.15, 0.2) is 0 Å². The highest BCUT2D eigenvalue weighted by Crippen LogP contribution is 2.12. The smallest absolute Gasteiger partial charge is 0.306 e. The molecule has 1 aromatic rings. The van der Waals surface area contributed by atoms with Crippen LogP contribution in [-0.2, 0) is 20.7 Å². The summed E-state index contributed by atoms with van der Waals surface area (Å²) in [5, 5.41) is 1.94. The molecule has 0 aliphatic carbocycles. The van der Waals surface area contributed by atoms with Gasteiger partial charge in [0.2, 0.25) is 0 Å². The third-order valence-corrected chi connectivity index (χ3v) is 2.86. The molecule has 0 unspecified atom stereocenters. The van der Waals surface area contributed by atoms with Crippen LogP contribution in [0.4, 0.5) is 0 Å². The minimum Gasteiger partial charge on any atom is -0.460 e. The summed E-state index contributed by atoms with van der Waals surface area (Å²) in [6.45, 7) is 5.45. The summed E-state index contributed by atoms with van der Waals surface area (Å²) >= 11 is 1.56. The molecule has 1 heterocycles. The van der Waals surface area contributed by atoms with Gasteiger partial charge in [-0.1, -0.05) is 6.07 Å². The highest BCUT2D eigenvalue weighted by Gasteiger charge is 2.17. The van der Waals surface area contributed by atoms with E-state index in [0.29, 0.717) is 6.42 Å². The molecule has 4 heteroatoms. The SMILES string of the molecule is CC(C)(C)OC(=O)CCC(=O)Cc1cccs1. The van der Waals surface area contributed by atoms with E-state index in [1.165, 1.54) is 0 Å². The van der Waals surface area contributed by atoms with Crippen LogP contribution in [0, 0.1) is 0 Å². The second kappa shape index (κ2) is 5.96. The topological polar surface area (TPSA) is 43.4 Å². The van der Waals surface area contributed by atoms with Crippen LogP contribution in [0.2, 0.25) is 0 Å². The van der Waals surface area contributed by atoms with Crippen molar-refractivity contribution >= 4 is 23.1 Å². The number of ketones is 1. The lowest BCUT2D eigenvalue weighted by molar-refractivity contribution is -0.155. The van der Waals surface area contributed by atoms with Gasteiger partial charge in [-0.3, -0.25) is 9.59 Å². The quantitative estimate of drug-likeness (QED) is 0.759. The maximum absolute atomic E-state index is 11.6. The van der Waals surface area contributed by atoms with Crippen molar-refractivity contribution in [2.75, 3.05) is 0 Å². The molecule has 1 aromatic heterocycles. The summed E-state index contributed by atoms with van der Waals surface area (Å²) < 4.78 is 5.13. The minimum atomic E-state index is -0.478. The fourth-order valence-electron chi connectivity index (χ4n) is 1.33. The van der Waals surface area contributed by atoms with Gasteiger partial charge in [0, 0.05) is 17.7 Å². The molecule has 0 N–H and O–H groups in total. The van der Waals surface area contributed by atoms with Gasteiger partial charge in [-0.05, 0) is 32.2 Å². The molecule has 0 bridgehead atoms. The third-order valence-electron chi connectivity index (χ3n) is 1.98. The summed E-state index contributed by atoms with van der Waals surface area (Å²) in [6.07, 6.45) is 0.842. The number of ether oxygens (including phenoxy) is 1. The number of carbonyl (C=O) groups is 2. The Morgan fingerprint density at radius 2 is 2.00 bits per heavy atom. The largest absolute Gasteiger partial charge is 0.460 e. The fourth-order valence-corrected chi connectivity index (χ4v) is 2.06. The van der Waals surface area contributed by atoms with E-state index in [1.807, 2.05) is 38.3 Å². The normalized spacial score (nSPS) is 11.2. The van der Waals surface area contributed by atoms with E-state index in [4.69, 9.17) is 4.74 Å². The second-order valence-electron chi connectivity index (χ2n) is 4.88. The molecule has 94 valence electrons. The van der Waals surface area contributed by atoms with Gasteiger partial charge < -0.3 is 4.74 Å². The first-order valence-electron chi connectivity index (χ1n) is 5.63. The van der Waals surface area contributed by atoms with E-state index in [-0.39, 0.29) is 24.6 Å². The average molecular weight is 254 g/mol. The van der Waals surface area contributed by atoms with E-state index in [2.05, 4.69) is 0 Å². The van der Waals surface area contributed by atoms with E-state index < -0.39 is 5.60 Å². The van der Waals surface area contributed by atoms with Crippen LogP contribution in [0.5, 0.6) is 0 Å². The van der Waals surface area contributed by atoms with Crippen LogP contribution >= 0.6 is 11.3 Å². The molecule has 0 aromatic carbocycles. The molecule has 0 atom stereocenters. The zero-order valence-corrected chi connectivity index (χ0v) is 11.3. The molecule has 3 nitrogen and oxygen atoms in total. The predicted molar refractivity (Wildman–Crippen MR) is 68.1 cm³/mol. The molecule has 0 saturated carbocycles. The molecule has 0 radical (unpaired) electrons.